The number of benzene rings is 1. The van der Waals surface area contributed by atoms with Gasteiger partial charge in [-0.15, -0.1) is 0 Å². The molecular formula is C12H19NO3. The first-order valence-corrected chi connectivity index (χ1v) is 5.46. The summed E-state index contributed by atoms with van der Waals surface area (Å²) in [5.41, 5.74) is 0.770. The highest BCUT2D eigenvalue weighted by molar-refractivity contribution is 5.39. The van der Waals surface area contributed by atoms with Crippen molar-refractivity contribution in [3.8, 4) is 11.5 Å². The molecule has 90 valence electrons. The van der Waals surface area contributed by atoms with Crippen molar-refractivity contribution in [1.29, 1.82) is 0 Å². The van der Waals surface area contributed by atoms with Crippen LogP contribution in [0, 0.1) is 0 Å². The lowest BCUT2D eigenvalue weighted by Crippen LogP contribution is -2.28. The number of ether oxygens (including phenoxy) is 1. The quantitative estimate of drug-likeness (QED) is 0.682. The third-order valence-corrected chi connectivity index (χ3v) is 2.28. The van der Waals surface area contributed by atoms with Crippen LogP contribution in [-0.4, -0.2) is 29.5 Å². The van der Waals surface area contributed by atoms with E-state index in [2.05, 4.69) is 5.32 Å². The van der Waals surface area contributed by atoms with Crippen LogP contribution in [0.4, 0.5) is 0 Å². The fourth-order valence-electron chi connectivity index (χ4n) is 1.31. The van der Waals surface area contributed by atoms with E-state index in [0.717, 1.165) is 11.3 Å². The van der Waals surface area contributed by atoms with Gasteiger partial charge in [0.05, 0.1) is 13.2 Å². The zero-order chi connectivity index (χ0) is 12.0. The topological polar surface area (TPSA) is 61.7 Å². The molecule has 0 spiro atoms. The Bertz CT molecular complexity index is 328. The zero-order valence-electron chi connectivity index (χ0n) is 9.73. The highest BCUT2D eigenvalue weighted by Gasteiger charge is 2.05. The third kappa shape index (κ3) is 3.72. The van der Waals surface area contributed by atoms with E-state index < -0.39 is 0 Å². The van der Waals surface area contributed by atoms with Gasteiger partial charge in [0, 0.05) is 18.2 Å². The molecule has 4 nitrogen and oxygen atoms in total. The molecular weight excluding hydrogens is 206 g/mol. The van der Waals surface area contributed by atoms with Crippen molar-refractivity contribution in [3.05, 3.63) is 23.8 Å². The van der Waals surface area contributed by atoms with Crippen molar-refractivity contribution < 1.29 is 14.9 Å². The maximum Gasteiger partial charge on any atom is 0.120 e. The van der Waals surface area contributed by atoms with Gasteiger partial charge in [-0.1, -0.05) is 0 Å². The Kier molecular flexibility index (Phi) is 5.08. The smallest absolute Gasteiger partial charge is 0.120 e. The average molecular weight is 225 g/mol. The van der Waals surface area contributed by atoms with Crippen molar-refractivity contribution in [2.24, 2.45) is 0 Å². The summed E-state index contributed by atoms with van der Waals surface area (Å²) < 4.78 is 5.35. The van der Waals surface area contributed by atoms with Crippen LogP contribution in [-0.2, 0) is 6.54 Å². The number of phenolic OH excluding ortho intramolecular Hbond substituents is 1. The zero-order valence-corrected chi connectivity index (χ0v) is 9.73. The summed E-state index contributed by atoms with van der Waals surface area (Å²) in [6.07, 6.45) is 0. The molecule has 0 bridgehead atoms. The monoisotopic (exact) mass is 225 g/mol. The fraction of sp³-hybridized carbons (Fsp3) is 0.500. The van der Waals surface area contributed by atoms with Crippen molar-refractivity contribution in [1.82, 2.24) is 5.32 Å². The van der Waals surface area contributed by atoms with E-state index in [1.807, 2.05) is 13.8 Å². The van der Waals surface area contributed by atoms with Gasteiger partial charge < -0.3 is 20.3 Å². The molecule has 1 rings (SSSR count). The first-order valence-electron chi connectivity index (χ1n) is 5.46. The number of hydrogen-bond donors (Lipinski definition) is 3. The molecule has 1 aromatic rings. The van der Waals surface area contributed by atoms with Gasteiger partial charge in [-0.25, -0.2) is 0 Å². The SMILES string of the molecule is CCOc1ccc(O)c(CNC(C)CO)c1. The molecule has 0 aliphatic rings. The molecule has 4 heteroatoms. The number of aromatic hydroxyl groups is 1. The normalized spacial score (nSPS) is 12.4. The molecule has 1 unspecified atom stereocenters. The number of aliphatic hydroxyl groups excluding tert-OH is 1. The Morgan fingerprint density at radius 2 is 2.19 bits per heavy atom. The Labute approximate surface area is 95.9 Å². The second-order valence-electron chi connectivity index (χ2n) is 3.69. The molecule has 0 saturated heterocycles. The number of nitrogens with one attached hydrogen (secondary N) is 1. The van der Waals surface area contributed by atoms with Gasteiger partial charge in [0.1, 0.15) is 11.5 Å². The van der Waals surface area contributed by atoms with Crippen LogP contribution < -0.4 is 10.1 Å². The second kappa shape index (κ2) is 6.35. The van der Waals surface area contributed by atoms with Crippen LogP contribution >= 0.6 is 0 Å². The maximum absolute atomic E-state index is 9.63. The predicted molar refractivity (Wildman–Crippen MR) is 62.7 cm³/mol. The van der Waals surface area contributed by atoms with Crippen LogP contribution in [0.5, 0.6) is 11.5 Å². The molecule has 1 atom stereocenters. The van der Waals surface area contributed by atoms with Crippen LogP contribution in [0.2, 0.25) is 0 Å². The number of phenols is 1. The van der Waals surface area contributed by atoms with E-state index in [1.165, 1.54) is 0 Å². The van der Waals surface area contributed by atoms with E-state index in [1.54, 1.807) is 18.2 Å². The summed E-state index contributed by atoms with van der Waals surface area (Å²) in [6, 6.07) is 5.16. The van der Waals surface area contributed by atoms with E-state index >= 15 is 0 Å². The minimum atomic E-state index is 0.00940. The van der Waals surface area contributed by atoms with Crippen LogP contribution in [0.15, 0.2) is 18.2 Å². The molecule has 0 saturated carbocycles. The molecule has 0 aliphatic carbocycles. The third-order valence-electron chi connectivity index (χ3n) is 2.28. The highest BCUT2D eigenvalue weighted by Crippen LogP contribution is 2.22. The first kappa shape index (κ1) is 12.8. The molecule has 0 radical (unpaired) electrons. The second-order valence-corrected chi connectivity index (χ2v) is 3.69. The summed E-state index contributed by atoms with van der Waals surface area (Å²) in [5.74, 6) is 0.981. The van der Waals surface area contributed by atoms with Gasteiger partial charge in [-0.3, -0.25) is 0 Å². The van der Waals surface area contributed by atoms with E-state index in [9.17, 15) is 5.11 Å². The maximum atomic E-state index is 9.63. The molecule has 0 heterocycles. The Morgan fingerprint density at radius 3 is 2.81 bits per heavy atom. The lowest BCUT2D eigenvalue weighted by molar-refractivity contribution is 0.250. The summed E-state index contributed by atoms with van der Waals surface area (Å²) in [7, 11) is 0. The lowest BCUT2D eigenvalue weighted by atomic mass is 10.2. The van der Waals surface area contributed by atoms with E-state index in [-0.39, 0.29) is 18.4 Å². The minimum absolute atomic E-state index is 0.00940. The Morgan fingerprint density at radius 1 is 1.44 bits per heavy atom. The number of hydrogen-bond acceptors (Lipinski definition) is 4. The predicted octanol–water partition coefficient (Wildman–Crippen LogP) is 1.26. The van der Waals surface area contributed by atoms with E-state index in [0.29, 0.717) is 13.2 Å². The highest BCUT2D eigenvalue weighted by atomic mass is 16.5. The summed E-state index contributed by atoms with van der Waals surface area (Å²) in [5, 5.41) is 21.6. The van der Waals surface area contributed by atoms with Gasteiger partial charge in [0.25, 0.3) is 0 Å². The Hall–Kier alpha value is -1.26. The van der Waals surface area contributed by atoms with Gasteiger partial charge in [0.15, 0.2) is 0 Å². The van der Waals surface area contributed by atoms with E-state index in [4.69, 9.17) is 9.84 Å². The van der Waals surface area contributed by atoms with Crippen molar-refractivity contribution in [2.45, 2.75) is 26.4 Å². The largest absolute Gasteiger partial charge is 0.508 e. The lowest BCUT2D eigenvalue weighted by Gasteiger charge is -2.12. The standard InChI is InChI=1S/C12H19NO3/c1-3-16-11-4-5-12(15)10(6-11)7-13-9(2)8-14/h4-6,9,13-15H,3,7-8H2,1-2H3. The number of aliphatic hydroxyl groups is 1. The van der Waals surface area contributed by atoms with Gasteiger partial charge in [-0.05, 0) is 32.0 Å². The summed E-state index contributed by atoms with van der Waals surface area (Å²) in [4.78, 5) is 0. The van der Waals surface area contributed by atoms with Gasteiger partial charge in [0.2, 0.25) is 0 Å². The van der Waals surface area contributed by atoms with Crippen molar-refractivity contribution in [3.63, 3.8) is 0 Å². The first-order chi connectivity index (χ1) is 7.67. The van der Waals surface area contributed by atoms with Crippen molar-refractivity contribution in [2.75, 3.05) is 13.2 Å². The molecule has 16 heavy (non-hydrogen) atoms. The average Bonchev–Trinajstić information content (AvgIpc) is 2.29. The molecule has 1 aromatic carbocycles. The van der Waals surface area contributed by atoms with Crippen LogP contribution in [0.3, 0.4) is 0 Å². The minimum Gasteiger partial charge on any atom is -0.508 e. The number of rotatable bonds is 6. The van der Waals surface area contributed by atoms with Gasteiger partial charge >= 0.3 is 0 Å². The van der Waals surface area contributed by atoms with Gasteiger partial charge in [-0.2, -0.15) is 0 Å². The van der Waals surface area contributed by atoms with Crippen molar-refractivity contribution >= 4 is 0 Å². The summed E-state index contributed by atoms with van der Waals surface area (Å²) >= 11 is 0. The Balaban J connectivity index is 2.66. The summed E-state index contributed by atoms with van der Waals surface area (Å²) in [6.45, 7) is 4.98. The molecule has 0 fully saturated rings. The molecule has 0 aliphatic heterocycles. The van der Waals surface area contributed by atoms with Crippen LogP contribution in [0.25, 0.3) is 0 Å². The molecule has 0 aromatic heterocycles. The fourth-order valence-corrected chi connectivity index (χ4v) is 1.31. The molecule has 3 N–H and O–H groups in total. The molecule has 0 amide bonds. The van der Waals surface area contributed by atoms with Crippen LogP contribution in [0.1, 0.15) is 19.4 Å².